The Morgan fingerprint density at radius 2 is 2.29 bits per heavy atom. The molecule has 88 valence electrons. The predicted molar refractivity (Wildman–Crippen MR) is 66.3 cm³/mol. The molecule has 3 nitrogen and oxygen atoms in total. The van der Waals surface area contributed by atoms with Gasteiger partial charge in [0.25, 0.3) is 0 Å². The highest BCUT2D eigenvalue weighted by Crippen LogP contribution is 2.39. The molecule has 1 heterocycles. The van der Waals surface area contributed by atoms with Crippen molar-refractivity contribution < 1.29 is 4.74 Å². The van der Waals surface area contributed by atoms with Crippen molar-refractivity contribution in [3.63, 3.8) is 0 Å². The maximum Gasteiger partial charge on any atom is 0.144 e. The van der Waals surface area contributed by atoms with Gasteiger partial charge in [-0.05, 0) is 43.4 Å². The SMILES string of the molecule is Cc1cc(C#N)c2c(c1)OCCN2CC1CC1. The summed E-state index contributed by atoms with van der Waals surface area (Å²) in [5.74, 6) is 1.71. The summed E-state index contributed by atoms with van der Waals surface area (Å²) in [7, 11) is 0. The zero-order chi connectivity index (χ0) is 11.8. The van der Waals surface area contributed by atoms with Gasteiger partial charge in [0, 0.05) is 6.54 Å². The first-order valence-corrected chi connectivity index (χ1v) is 6.20. The average Bonchev–Trinajstić information content (AvgIpc) is 3.11. The molecule has 1 aliphatic carbocycles. The molecule has 2 aliphatic rings. The first kappa shape index (κ1) is 10.5. The molecule has 0 saturated heterocycles. The number of ether oxygens (including phenoxy) is 1. The van der Waals surface area contributed by atoms with Crippen molar-refractivity contribution in [1.29, 1.82) is 5.26 Å². The summed E-state index contributed by atoms with van der Waals surface area (Å²) >= 11 is 0. The van der Waals surface area contributed by atoms with Gasteiger partial charge in [0.1, 0.15) is 18.4 Å². The number of rotatable bonds is 2. The summed E-state index contributed by atoms with van der Waals surface area (Å²) in [6, 6.07) is 6.29. The number of benzene rings is 1. The fraction of sp³-hybridized carbons (Fsp3) is 0.500. The van der Waals surface area contributed by atoms with Crippen molar-refractivity contribution in [3.8, 4) is 11.8 Å². The van der Waals surface area contributed by atoms with Crippen LogP contribution in [0.5, 0.6) is 5.75 Å². The topological polar surface area (TPSA) is 36.3 Å². The maximum atomic E-state index is 9.25. The standard InChI is InChI=1S/C14H16N2O/c1-10-6-12(8-15)14-13(7-10)17-5-4-16(14)9-11-2-3-11/h6-7,11H,2-5,9H2,1H3. The van der Waals surface area contributed by atoms with E-state index in [9.17, 15) is 5.26 Å². The smallest absolute Gasteiger partial charge is 0.144 e. The molecule has 0 unspecified atom stereocenters. The van der Waals surface area contributed by atoms with Gasteiger partial charge in [-0.15, -0.1) is 0 Å². The van der Waals surface area contributed by atoms with Gasteiger partial charge in [-0.1, -0.05) is 0 Å². The molecule has 1 aromatic carbocycles. The van der Waals surface area contributed by atoms with Gasteiger partial charge < -0.3 is 9.64 Å². The van der Waals surface area contributed by atoms with E-state index in [1.54, 1.807) is 0 Å². The summed E-state index contributed by atoms with van der Waals surface area (Å²) in [4.78, 5) is 2.33. The summed E-state index contributed by atoms with van der Waals surface area (Å²) in [6.07, 6.45) is 2.67. The lowest BCUT2D eigenvalue weighted by atomic mass is 10.1. The molecule has 0 spiro atoms. The highest BCUT2D eigenvalue weighted by Gasteiger charge is 2.29. The van der Waals surface area contributed by atoms with E-state index < -0.39 is 0 Å². The Morgan fingerprint density at radius 1 is 1.47 bits per heavy atom. The Kier molecular flexibility index (Phi) is 2.44. The van der Waals surface area contributed by atoms with Crippen LogP contribution >= 0.6 is 0 Å². The second-order valence-electron chi connectivity index (χ2n) is 5.01. The van der Waals surface area contributed by atoms with Crippen LogP contribution in [0.25, 0.3) is 0 Å². The Hall–Kier alpha value is -1.69. The Bertz CT molecular complexity index is 486. The highest BCUT2D eigenvalue weighted by molar-refractivity contribution is 5.70. The fourth-order valence-corrected chi connectivity index (χ4v) is 2.44. The predicted octanol–water partition coefficient (Wildman–Crippen LogP) is 2.48. The first-order chi connectivity index (χ1) is 8.28. The molecular formula is C14H16N2O. The Balaban J connectivity index is 2.01. The third-order valence-electron chi connectivity index (χ3n) is 3.45. The fourth-order valence-electron chi connectivity index (χ4n) is 2.44. The maximum absolute atomic E-state index is 9.25. The molecule has 0 bridgehead atoms. The van der Waals surface area contributed by atoms with E-state index in [1.165, 1.54) is 12.8 Å². The van der Waals surface area contributed by atoms with Gasteiger partial charge in [0.15, 0.2) is 0 Å². The highest BCUT2D eigenvalue weighted by atomic mass is 16.5. The number of anilines is 1. The van der Waals surface area contributed by atoms with Crippen LogP contribution in [-0.4, -0.2) is 19.7 Å². The zero-order valence-electron chi connectivity index (χ0n) is 10.1. The van der Waals surface area contributed by atoms with E-state index in [4.69, 9.17) is 4.74 Å². The summed E-state index contributed by atoms with van der Waals surface area (Å²) < 4.78 is 5.69. The lowest BCUT2D eigenvalue weighted by Crippen LogP contribution is -2.35. The lowest BCUT2D eigenvalue weighted by molar-refractivity contribution is 0.306. The minimum absolute atomic E-state index is 0.730. The minimum atomic E-state index is 0.730. The van der Waals surface area contributed by atoms with E-state index >= 15 is 0 Å². The third kappa shape index (κ3) is 1.95. The minimum Gasteiger partial charge on any atom is -0.490 e. The van der Waals surface area contributed by atoms with E-state index in [-0.39, 0.29) is 0 Å². The molecule has 3 rings (SSSR count). The van der Waals surface area contributed by atoms with Crippen molar-refractivity contribution >= 4 is 5.69 Å². The monoisotopic (exact) mass is 228 g/mol. The Morgan fingerprint density at radius 3 is 3.00 bits per heavy atom. The van der Waals surface area contributed by atoms with Crippen LogP contribution in [0.1, 0.15) is 24.0 Å². The van der Waals surface area contributed by atoms with Gasteiger partial charge in [-0.3, -0.25) is 0 Å². The molecule has 0 aromatic heterocycles. The molecule has 17 heavy (non-hydrogen) atoms. The van der Waals surface area contributed by atoms with Gasteiger partial charge in [-0.2, -0.15) is 5.26 Å². The van der Waals surface area contributed by atoms with Crippen molar-refractivity contribution in [2.24, 2.45) is 5.92 Å². The van der Waals surface area contributed by atoms with Gasteiger partial charge in [-0.25, -0.2) is 0 Å². The molecule has 1 fully saturated rings. The molecule has 0 amide bonds. The van der Waals surface area contributed by atoms with Crippen LogP contribution in [0.4, 0.5) is 5.69 Å². The van der Waals surface area contributed by atoms with Crippen molar-refractivity contribution in [2.45, 2.75) is 19.8 Å². The number of hydrogen-bond acceptors (Lipinski definition) is 3. The summed E-state index contributed by atoms with van der Waals surface area (Å²) in [5, 5.41) is 9.25. The number of aryl methyl sites for hydroxylation is 1. The molecule has 1 aliphatic heterocycles. The number of fused-ring (bicyclic) bond motifs is 1. The van der Waals surface area contributed by atoms with Crippen molar-refractivity contribution in [1.82, 2.24) is 0 Å². The van der Waals surface area contributed by atoms with Crippen molar-refractivity contribution in [2.75, 3.05) is 24.6 Å². The first-order valence-electron chi connectivity index (χ1n) is 6.20. The molecule has 3 heteroatoms. The lowest BCUT2D eigenvalue weighted by Gasteiger charge is -2.32. The second kappa shape index (κ2) is 3.96. The van der Waals surface area contributed by atoms with E-state index in [2.05, 4.69) is 11.0 Å². The normalized spacial score (nSPS) is 18.2. The van der Waals surface area contributed by atoms with E-state index in [0.29, 0.717) is 0 Å². The Labute approximate surface area is 102 Å². The molecule has 0 radical (unpaired) electrons. The largest absolute Gasteiger partial charge is 0.490 e. The van der Waals surface area contributed by atoms with Crippen molar-refractivity contribution in [3.05, 3.63) is 23.3 Å². The zero-order valence-corrected chi connectivity index (χ0v) is 10.1. The quantitative estimate of drug-likeness (QED) is 0.780. The van der Waals surface area contributed by atoms with Crippen LogP contribution in [-0.2, 0) is 0 Å². The van der Waals surface area contributed by atoms with Crippen LogP contribution in [0.3, 0.4) is 0 Å². The van der Waals surface area contributed by atoms with Crippen LogP contribution in [0.2, 0.25) is 0 Å². The average molecular weight is 228 g/mol. The summed E-state index contributed by atoms with van der Waals surface area (Å²) in [6.45, 7) is 4.72. The second-order valence-corrected chi connectivity index (χ2v) is 5.01. The van der Waals surface area contributed by atoms with Gasteiger partial charge >= 0.3 is 0 Å². The molecule has 0 atom stereocenters. The summed E-state index contributed by atoms with van der Waals surface area (Å²) in [5.41, 5.74) is 2.85. The molecule has 1 saturated carbocycles. The van der Waals surface area contributed by atoms with E-state index in [0.717, 1.165) is 48.2 Å². The molecule has 1 aromatic rings. The third-order valence-corrected chi connectivity index (χ3v) is 3.45. The number of nitriles is 1. The van der Waals surface area contributed by atoms with E-state index in [1.807, 2.05) is 19.1 Å². The van der Waals surface area contributed by atoms with Crippen LogP contribution in [0, 0.1) is 24.2 Å². The number of hydrogen-bond donors (Lipinski definition) is 0. The number of nitrogens with zero attached hydrogens (tertiary/aromatic N) is 2. The van der Waals surface area contributed by atoms with Gasteiger partial charge in [0.05, 0.1) is 17.8 Å². The van der Waals surface area contributed by atoms with Gasteiger partial charge in [0.2, 0.25) is 0 Å². The molecule has 0 N–H and O–H groups in total. The van der Waals surface area contributed by atoms with Crippen LogP contribution < -0.4 is 9.64 Å². The molecular weight excluding hydrogens is 212 g/mol. The van der Waals surface area contributed by atoms with Crippen LogP contribution in [0.15, 0.2) is 12.1 Å².